The number of aromatic nitrogens is 2. The predicted octanol–water partition coefficient (Wildman–Crippen LogP) is 1.20. The van der Waals surface area contributed by atoms with Crippen LogP contribution in [0.4, 0.5) is 5.82 Å². The molecule has 1 aliphatic heterocycles. The normalized spacial score (nSPS) is 20.4. The zero-order chi connectivity index (χ0) is 13.0. The largest absolute Gasteiger partial charge is 0.409 e. The average molecular weight is 249 g/mol. The van der Waals surface area contributed by atoms with Crippen molar-refractivity contribution in [3.63, 3.8) is 0 Å². The minimum absolute atomic E-state index is 0.0145. The molecule has 0 saturated carbocycles. The Morgan fingerprint density at radius 1 is 1.56 bits per heavy atom. The molecular formula is C12H19N5O. The van der Waals surface area contributed by atoms with Crippen molar-refractivity contribution >= 4 is 11.7 Å². The van der Waals surface area contributed by atoms with Gasteiger partial charge < -0.3 is 15.8 Å². The van der Waals surface area contributed by atoms with Crippen LogP contribution >= 0.6 is 0 Å². The van der Waals surface area contributed by atoms with E-state index in [9.17, 15) is 0 Å². The van der Waals surface area contributed by atoms with Gasteiger partial charge in [-0.05, 0) is 18.8 Å². The fourth-order valence-corrected chi connectivity index (χ4v) is 2.35. The number of hydrogen-bond acceptors (Lipinski definition) is 5. The van der Waals surface area contributed by atoms with Crippen molar-refractivity contribution in [2.24, 2.45) is 16.8 Å². The standard InChI is InChI=1S/C12H19N5O/c1-2-3-9-4-5-17(8-9)11-7-14-10(6-15-11)12(13)16-18/h6-7,9,18H,2-5,8H2,1H3,(H2,13,16). The lowest BCUT2D eigenvalue weighted by Crippen LogP contribution is -2.22. The van der Waals surface area contributed by atoms with Crippen molar-refractivity contribution in [1.29, 1.82) is 0 Å². The maximum atomic E-state index is 8.55. The molecule has 98 valence electrons. The molecule has 1 atom stereocenters. The summed E-state index contributed by atoms with van der Waals surface area (Å²) in [7, 11) is 0. The van der Waals surface area contributed by atoms with Gasteiger partial charge in [-0.3, -0.25) is 0 Å². The minimum Gasteiger partial charge on any atom is -0.409 e. The minimum atomic E-state index is -0.0145. The first-order chi connectivity index (χ1) is 8.74. The molecule has 18 heavy (non-hydrogen) atoms. The van der Waals surface area contributed by atoms with E-state index >= 15 is 0 Å². The number of oxime groups is 1. The molecule has 1 aromatic heterocycles. The second-order valence-electron chi connectivity index (χ2n) is 4.63. The van der Waals surface area contributed by atoms with Crippen LogP contribution in [0.2, 0.25) is 0 Å². The molecule has 2 heterocycles. The highest BCUT2D eigenvalue weighted by molar-refractivity contribution is 5.94. The Morgan fingerprint density at radius 3 is 3.00 bits per heavy atom. The molecule has 1 aromatic rings. The lowest BCUT2D eigenvalue weighted by Gasteiger charge is -2.16. The van der Waals surface area contributed by atoms with E-state index < -0.39 is 0 Å². The molecule has 1 fully saturated rings. The third-order valence-corrected chi connectivity index (χ3v) is 3.32. The molecule has 0 amide bonds. The van der Waals surface area contributed by atoms with Gasteiger partial charge in [-0.1, -0.05) is 18.5 Å². The van der Waals surface area contributed by atoms with E-state index in [1.54, 1.807) is 6.20 Å². The Kier molecular flexibility index (Phi) is 3.96. The number of nitrogens with zero attached hydrogens (tertiary/aromatic N) is 4. The summed E-state index contributed by atoms with van der Waals surface area (Å²) in [4.78, 5) is 10.7. The highest BCUT2D eigenvalue weighted by atomic mass is 16.4. The molecule has 0 aliphatic carbocycles. The molecule has 0 spiro atoms. The van der Waals surface area contributed by atoms with Crippen molar-refractivity contribution < 1.29 is 5.21 Å². The first-order valence-electron chi connectivity index (χ1n) is 6.29. The SMILES string of the molecule is CCCC1CCN(c2cnc(C(N)=NO)cn2)C1. The van der Waals surface area contributed by atoms with E-state index in [1.165, 1.54) is 25.5 Å². The molecular weight excluding hydrogens is 230 g/mol. The van der Waals surface area contributed by atoms with Crippen LogP contribution in [0.3, 0.4) is 0 Å². The number of amidine groups is 1. The summed E-state index contributed by atoms with van der Waals surface area (Å²) in [6.45, 7) is 4.29. The van der Waals surface area contributed by atoms with E-state index in [0.29, 0.717) is 5.69 Å². The van der Waals surface area contributed by atoms with Gasteiger partial charge in [-0.2, -0.15) is 0 Å². The third kappa shape index (κ3) is 2.69. The van der Waals surface area contributed by atoms with Gasteiger partial charge in [0.15, 0.2) is 5.84 Å². The second kappa shape index (κ2) is 5.66. The Bertz CT molecular complexity index is 417. The average Bonchev–Trinajstić information content (AvgIpc) is 2.87. The van der Waals surface area contributed by atoms with Gasteiger partial charge >= 0.3 is 0 Å². The molecule has 0 radical (unpaired) electrons. The number of anilines is 1. The smallest absolute Gasteiger partial charge is 0.190 e. The van der Waals surface area contributed by atoms with Crippen molar-refractivity contribution in [3.05, 3.63) is 18.1 Å². The summed E-state index contributed by atoms with van der Waals surface area (Å²) in [5.74, 6) is 1.61. The maximum Gasteiger partial charge on any atom is 0.190 e. The summed E-state index contributed by atoms with van der Waals surface area (Å²) >= 11 is 0. The van der Waals surface area contributed by atoms with Crippen molar-refractivity contribution in [3.8, 4) is 0 Å². The summed E-state index contributed by atoms with van der Waals surface area (Å²) in [5.41, 5.74) is 5.84. The predicted molar refractivity (Wildman–Crippen MR) is 69.8 cm³/mol. The van der Waals surface area contributed by atoms with Crippen LogP contribution < -0.4 is 10.6 Å². The number of hydrogen-bond donors (Lipinski definition) is 2. The molecule has 6 heteroatoms. The second-order valence-corrected chi connectivity index (χ2v) is 4.63. The summed E-state index contributed by atoms with van der Waals surface area (Å²) in [6.07, 6.45) is 6.94. The molecule has 1 unspecified atom stereocenters. The van der Waals surface area contributed by atoms with E-state index in [0.717, 1.165) is 24.8 Å². The summed E-state index contributed by atoms with van der Waals surface area (Å²) < 4.78 is 0. The quantitative estimate of drug-likeness (QED) is 0.362. The third-order valence-electron chi connectivity index (χ3n) is 3.32. The number of rotatable bonds is 4. The zero-order valence-corrected chi connectivity index (χ0v) is 10.6. The molecule has 3 N–H and O–H groups in total. The van der Waals surface area contributed by atoms with Gasteiger partial charge in [0.2, 0.25) is 0 Å². The van der Waals surface area contributed by atoms with Gasteiger partial charge in [0, 0.05) is 13.1 Å². The fraction of sp³-hybridized carbons (Fsp3) is 0.583. The fourth-order valence-electron chi connectivity index (χ4n) is 2.35. The van der Waals surface area contributed by atoms with E-state index in [4.69, 9.17) is 10.9 Å². The Labute approximate surface area is 107 Å². The van der Waals surface area contributed by atoms with E-state index in [2.05, 4.69) is 26.9 Å². The van der Waals surface area contributed by atoms with Crippen molar-refractivity contribution in [2.45, 2.75) is 26.2 Å². The highest BCUT2D eigenvalue weighted by Gasteiger charge is 2.22. The van der Waals surface area contributed by atoms with Crippen LogP contribution in [0.1, 0.15) is 31.9 Å². The lowest BCUT2D eigenvalue weighted by atomic mass is 10.0. The van der Waals surface area contributed by atoms with Crippen LogP contribution in [0, 0.1) is 5.92 Å². The Balaban J connectivity index is 2.02. The number of nitrogens with two attached hydrogens (primary N) is 1. The maximum absolute atomic E-state index is 8.55. The molecule has 1 saturated heterocycles. The van der Waals surface area contributed by atoms with Crippen LogP contribution in [-0.4, -0.2) is 34.1 Å². The van der Waals surface area contributed by atoms with E-state index in [-0.39, 0.29) is 5.84 Å². The molecule has 0 bridgehead atoms. The van der Waals surface area contributed by atoms with Crippen LogP contribution in [0.5, 0.6) is 0 Å². The van der Waals surface area contributed by atoms with Crippen molar-refractivity contribution in [1.82, 2.24) is 9.97 Å². The van der Waals surface area contributed by atoms with Crippen LogP contribution in [0.15, 0.2) is 17.5 Å². The van der Waals surface area contributed by atoms with Gasteiger partial charge in [-0.25, -0.2) is 9.97 Å². The Hall–Kier alpha value is -1.85. The van der Waals surface area contributed by atoms with Crippen LogP contribution in [0.25, 0.3) is 0 Å². The van der Waals surface area contributed by atoms with Gasteiger partial charge in [0.25, 0.3) is 0 Å². The van der Waals surface area contributed by atoms with Gasteiger partial charge in [0.05, 0.1) is 12.4 Å². The van der Waals surface area contributed by atoms with E-state index in [1.807, 2.05) is 0 Å². The molecule has 1 aliphatic rings. The zero-order valence-electron chi connectivity index (χ0n) is 10.6. The molecule has 6 nitrogen and oxygen atoms in total. The topological polar surface area (TPSA) is 87.6 Å². The van der Waals surface area contributed by atoms with Crippen molar-refractivity contribution in [2.75, 3.05) is 18.0 Å². The van der Waals surface area contributed by atoms with Gasteiger partial charge in [0.1, 0.15) is 11.5 Å². The Morgan fingerprint density at radius 2 is 2.39 bits per heavy atom. The highest BCUT2D eigenvalue weighted by Crippen LogP contribution is 2.24. The lowest BCUT2D eigenvalue weighted by molar-refractivity contribution is 0.318. The summed E-state index contributed by atoms with van der Waals surface area (Å²) in [5, 5.41) is 11.4. The van der Waals surface area contributed by atoms with Crippen LogP contribution in [-0.2, 0) is 0 Å². The molecule has 0 aromatic carbocycles. The first kappa shape index (κ1) is 12.6. The van der Waals surface area contributed by atoms with Gasteiger partial charge in [-0.15, -0.1) is 0 Å². The monoisotopic (exact) mass is 249 g/mol. The summed E-state index contributed by atoms with van der Waals surface area (Å²) in [6, 6.07) is 0. The molecule has 2 rings (SSSR count). The first-order valence-corrected chi connectivity index (χ1v) is 6.29.